The van der Waals surface area contributed by atoms with Gasteiger partial charge >= 0.3 is 0 Å². The number of aliphatic hydroxyl groups excluding tert-OH is 1. The van der Waals surface area contributed by atoms with Gasteiger partial charge in [0.2, 0.25) is 10.0 Å². The normalized spacial score (nSPS) is 13.4. The van der Waals surface area contributed by atoms with Crippen LogP contribution in [-0.4, -0.2) is 26.7 Å². The van der Waals surface area contributed by atoms with Crippen molar-refractivity contribution in [3.63, 3.8) is 0 Å². The zero-order valence-corrected chi connectivity index (χ0v) is 12.1. The summed E-state index contributed by atoms with van der Waals surface area (Å²) >= 11 is 0. The number of hydrogen-bond donors (Lipinski definition) is 2. The van der Waals surface area contributed by atoms with E-state index < -0.39 is 26.6 Å². The van der Waals surface area contributed by atoms with Crippen molar-refractivity contribution in [2.75, 3.05) is 13.2 Å². The first-order valence-electron chi connectivity index (χ1n) is 6.45. The summed E-state index contributed by atoms with van der Waals surface area (Å²) in [7, 11) is -3.95. The van der Waals surface area contributed by atoms with E-state index >= 15 is 0 Å². The molecule has 7 heteroatoms. The third-order valence-electron chi connectivity index (χ3n) is 2.94. The molecule has 0 spiro atoms. The van der Waals surface area contributed by atoms with Gasteiger partial charge in [-0.2, -0.15) is 0 Å². The predicted molar refractivity (Wildman–Crippen MR) is 71.6 cm³/mol. The Morgan fingerprint density at radius 1 is 1.20 bits per heavy atom. The maximum atomic E-state index is 13.0. The highest BCUT2D eigenvalue weighted by Gasteiger charge is 2.18. The van der Waals surface area contributed by atoms with E-state index in [0.29, 0.717) is 12.5 Å². The molecule has 0 aromatic heterocycles. The smallest absolute Gasteiger partial charge is 0.240 e. The van der Waals surface area contributed by atoms with Crippen LogP contribution in [0.25, 0.3) is 0 Å². The molecule has 1 rings (SSSR count). The molecular weight excluding hydrogens is 288 g/mol. The Balaban J connectivity index is 2.78. The third-order valence-corrected chi connectivity index (χ3v) is 4.35. The molecule has 0 aliphatic rings. The molecule has 0 bridgehead atoms. The topological polar surface area (TPSA) is 66.4 Å². The molecule has 0 radical (unpaired) electrons. The van der Waals surface area contributed by atoms with Gasteiger partial charge in [0.25, 0.3) is 0 Å². The van der Waals surface area contributed by atoms with E-state index in [9.17, 15) is 17.2 Å². The Morgan fingerprint density at radius 3 is 2.30 bits per heavy atom. The fourth-order valence-corrected chi connectivity index (χ4v) is 3.09. The zero-order valence-electron chi connectivity index (χ0n) is 11.3. The highest BCUT2D eigenvalue weighted by atomic mass is 32.2. The van der Waals surface area contributed by atoms with Gasteiger partial charge in [-0.3, -0.25) is 0 Å². The number of halogens is 2. The number of sulfonamides is 1. The van der Waals surface area contributed by atoms with E-state index in [-0.39, 0.29) is 19.1 Å². The molecule has 1 atom stereocenters. The van der Waals surface area contributed by atoms with Crippen molar-refractivity contribution in [3.8, 4) is 0 Å². The van der Waals surface area contributed by atoms with E-state index in [4.69, 9.17) is 5.11 Å². The molecule has 0 aliphatic heterocycles. The van der Waals surface area contributed by atoms with Gasteiger partial charge in [0, 0.05) is 19.2 Å². The lowest BCUT2D eigenvalue weighted by Crippen LogP contribution is -2.30. The summed E-state index contributed by atoms with van der Waals surface area (Å²) in [6, 6.07) is 2.16. The third kappa shape index (κ3) is 5.15. The predicted octanol–water partition coefficient (Wildman–Crippen LogP) is 2.04. The standard InChI is InChI=1S/C13H19F2NO3S/c1-2-3-10(4-5-17)9-16-20(18,19)13-7-11(14)6-12(15)8-13/h6-8,10,16-17H,2-5,9H2,1H3. The number of nitrogens with one attached hydrogen (secondary N) is 1. The van der Waals surface area contributed by atoms with Crippen molar-refractivity contribution >= 4 is 10.0 Å². The van der Waals surface area contributed by atoms with Crippen LogP contribution < -0.4 is 4.72 Å². The van der Waals surface area contributed by atoms with Crippen LogP contribution in [-0.2, 0) is 10.0 Å². The summed E-state index contributed by atoms with van der Waals surface area (Å²) < 4.78 is 52.3. The highest BCUT2D eigenvalue weighted by Crippen LogP contribution is 2.15. The fraction of sp³-hybridized carbons (Fsp3) is 0.538. The lowest BCUT2D eigenvalue weighted by Gasteiger charge is -2.15. The van der Waals surface area contributed by atoms with Gasteiger partial charge < -0.3 is 5.11 Å². The summed E-state index contributed by atoms with van der Waals surface area (Å²) in [5.74, 6) is -1.88. The minimum atomic E-state index is -3.95. The van der Waals surface area contributed by atoms with Crippen LogP contribution in [0.4, 0.5) is 8.78 Å². The zero-order chi connectivity index (χ0) is 15.2. The molecular formula is C13H19F2NO3S. The minimum Gasteiger partial charge on any atom is -0.396 e. The summed E-state index contributed by atoms with van der Waals surface area (Å²) in [6.45, 7) is 2.07. The van der Waals surface area contributed by atoms with Crippen LogP contribution in [0.15, 0.2) is 23.1 Å². The average molecular weight is 307 g/mol. The summed E-state index contributed by atoms with van der Waals surface area (Å²) in [5, 5.41) is 8.91. The largest absolute Gasteiger partial charge is 0.396 e. The first-order valence-corrected chi connectivity index (χ1v) is 7.94. The quantitative estimate of drug-likeness (QED) is 0.772. The number of aliphatic hydroxyl groups is 1. The van der Waals surface area contributed by atoms with Crippen LogP contribution in [0.5, 0.6) is 0 Å². The summed E-state index contributed by atoms with van der Waals surface area (Å²) in [4.78, 5) is -0.436. The minimum absolute atomic E-state index is 0.00168. The number of hydrogen-bond acceptors (Lipinski definition) is 3. The fourth-order valence-electron chi connectivity index (χ4n) is 1.93. The Bertz CT molecular complexity index is 508. The SMILES string of the molecule is CCCC(CCO)CNS(=O)(=O)c1cc(F)cc(F)c1. The Morgan fingerprint density at radius 2 is 1.80 bits per heavy atom. The molecule has 1 aromatic rings. The summed E-state index contributed by atoms with van der Waals surface area (Å²) in [5.41, 5.74) is 0. The molecule has 0 aliphatic carbocycles. The van der Waals surface area contributed by atoms with E-state index in [1.807, 2.05) is 6.92 Å². The van der Waals surface area contributed by atoms with Crippen LogP contribution in [0.3, 0.4) is 0 Å². The lowest BCUT2D eigenvalue weighted by atomic mass is 10.0. The molecule has 0 amide bonds. The maximum absolute atomic E-state index is 13.0. The van der Waals surface area contributed by atoms with Gasteiger partial charge in [-0.25, -0.2) is 21.9 Å². The molecule has 0 heterocycles. The number of benzene rings is 1. The van der Waals surface area contributed by atoms with Crippen LogP contribution in [0.1, 0.15) is 26.2 Å². The van der Waals surface area contributed by atoms with Crippen molar-refractivity contribution in [1.82, 2.24) is 4.72 Å². The lowest BCUT2D eigenvalue weighted by molar-refractivity contribution is 0.251. The molecule has 4 nitrogen and oxygen atoms in total. The van der Waals surface area contributed by atoms with E-state index in [2.05, 4.69) is 4.72 Å². The first kappa shape index (κ1) is 17.0. The van der Waals surface area contributed by atoms with Gasteiger partial charge in [0.1, 0.15) is 11.6 Å². The average Bonchev–Trinajstić information content (AvgIpc) is 2.35. The Labute approximate surface area is 117 Å². The van der Waals surface area contributed by atoms with Gasteiger partial charge in [-0.1, -0.05) is 13.3 Å². The molecule has 0 saturated heterocycles. The number of rotatable bonds is 8. The monoisotopic (exact) mass is 307 g/mol. The second-order valence-electron chi connectivity index (χ2n) is 4.62. The second kappa shape index (κ2) is 7.66. The van der Waals surface area contributed by atoms with Crippen molar-refractivity contribution in [3.05, 3.63) is 29.8 Å². The van der Waals surface area contributed by atoms with Crippen molar-refractivity contribution in [2.24, 2.45) is 5.92 Å². The van der Waals surface area contributed by atoms with Gasteiger partial charge in [0.05, 0.1) is 4.90 Å². The van der Waals surface area contributed by atoms with E-state index in [1.54, 1.807) is 0 Å². The van der Waals surface area contributed by atoms with Crippen LogP contribution in [0.2, 0.25) is 0 Å². The molecule has 0 saturated carbocycles. The Hall–Kier alpha value is -1.05. The molecule has 2 N–H and O–H groups in total. The molecule has 20 heavy (non-hydrogen) atoms. The van der Waals surface area contributed by atoms with Gasteiger partial charge in [-0.15, -0.1) is 0 Å². The molecule has 0 fully saturated rings. The maximum Gasteiger partial charge on any atom is 0.240 e. The summed E-state index contributed by atoms with van der Waals surface area (Å²) in [6.07, 6.45) is 2.11. The molecule has 1 aromatic carbocycles. The van der Waals surface area contributed by atoms with E-state index in [0.717, 1.165) is 25.0 Å². The van der Waals surface area contributed by atoms with E-state index in [1.165, 1.54) is 0 Å². The van der Waals surface area contributed by atoms with Crippen molar-refractivity contribution in [1.29, 1.82) is 0 Å². The van der Waals surface area contributed by atoms with Crippen molar-refractivity contribution < 1.29 is 22.3 Å². The Kier molecular flexibility index (Phi) is 6.51. The molecule has 114 valence electrons. The van der Waals surface area contributed by atoms with Gasteiger partial charge in [0.15, 0.2) is 0 Å². The van der Waals surface area contributed by atoms with Gasteiger partial charge in [-0.05, 0) is 30.9 Å². The second-order valence-corrected chi connectivity index (χ2v) is 6.39. The molecule has 1 unspecified atom stereocenters. The first-order chi connectivity index (χ1) is 9.39. The van der Waals surface area contributed by atoms with Crippen molar-refractivity contribution in [2.45, 2.75) is 31.1 Å². The van der Waals surface area contributed by atoms with Crippen LogP contribution >= 0.6 is 0 Å². The van der Waals surface area contributed by atoms with Crippen LogP contribution in [0, 0.1) is 17.6 Å². The highest BCUT2D eigenvalue weighted by molar-refractivity contribution is 7.89.